The molecule has 0 bridgehead atoms. The summed E-state index contributed by atoms with van der Waals surface area (Å²) in [5.74, 6) is 1.21. The SMILES string of the molecule is CCOc1ccccc1CNC(=O)[C@H](C)Oc1ccc(Cl)c(C)c1. The average molecular weight is 348 g/mol. The standard InChI is InChI=1S/C19H22ClNO3/c1-4-23-18-8-6-5-7-15(18)12-21-19(22)14(3)24-16-9-10-17(20)13(2)11-16/h5-11,14H,4,12H2,1-3H3,(H,21,22)/t14-/m0/s1. The number of carbonyl (C=O) groups is 1. The van der Waals surface area contributed by atoms with Crippen LogP contribution in [0, 0.1) is 6.92 Å². The highest BCUT2D eigenvalue weighted by atomic mass is 35.5. The number of carbonyl (C=O) groups excluding carboxylic acids is 1. The molecule has 0 saturated heterocycles. The van der Waals surface area contributed by atoms with Crippen LogP contribution in [0.3, 0.4) is 0 Å². The van der Waals surface area contributed by atoms with Gasteiger partial charge in [0.05, 0.1) is 6.61 Å². The number of hydrogen-bond donors (Lipinski definition) is 1. The molecule has 0 aliphatic rings. The Hall–Kier alpha value is -2.20. The van der Waals surface area contributed by atoms with E-state index in [1.165, 1.54) is 0 Å². The topological polar surface area (TPSA) is 47.6 Å². The molecule has 128 valence electrons. The number of amides is 1. The molecular weight excluding hydrogens is 326 g/mol. The molecular formula is C19H22ClNO3. The van der Waals surface area contributed by atoms with Crippen LogP contribution >= 0.6 is 11.6 Å². The van der Waals surface area contributed by atoms with Gasteiger partial charge < -0.3 is 14.8 Å². The van der Waals surface area contributed by atoms with E-state index in [0.717, 1.165) is 16.9 Å². The smallest absolute Gasteiger partial charge is 0.261 e. The molecule has 1 amide bonds. The Balaban J connectivity index is 1.93. The molecule has 2 rings (SSSR count). The highest BCUT2D eigenvalue weighted by Crippen LogP contribution is 2.22. The van der Waals surface area contributed by atoms with Crippen molar-refractivity contribution >= 4 is 17.5 Å². The summed E-state index contributed by atoms with van der Waals surface area (Å²) in [6.07, 6.45) is -0.607. The van der Waals surface area contributed by atoms with Crippen LogP contribution in [-0.4, -0.2) is 18.6 Å². The average Bonchev–Trinajstić information content (AvgIpc) is 2.57. The van der Waals surface area contributed by atoms with Crippen LogP contribution in [-0.2, 0) is 11.3 Å². The summed E-state index contributed by atoms with van der Waals surface area (Å²) in [6.45, 7) is 6.51. The zero-order valence-electron chi connectivity index (χ0n) is 14.1. The lowest BCUT2D eigenvalue weighted by Crippen LogP contribution is -2.36. The van der Waals surface area contributed by atoms with Crippen molar-refractivity contribution in [1.82, 2.24) is 5.32 Å². The molecule has 0 unspecified atom stereocenters. The van der Waals surface area contributed by atoms with Crippen molar-refractivity contribution in [1.29, 1.82) is 0 Å². The van der Waals surface area contributed by atoms with Crippen molar-refractivity contribution in [2.45, 2.75) is 33.4 Å². The largest absolute Gasteiger partial charge is 0.494 e. The molecule has 1 N–H and O–H groups in total. The first-order valence-corrected chi connectivity index (χ1v) is 8.30. The van der Waals surface area contributed by atoms with Gasteiger partial charge in [-0.15, -0.1) is 0 Å². The van der Waals surface area contributed by atoms with Crippen molar-refractivity contribution in [2.75, 3.05) is 6.61 Å². The molecule has 0 heterocycles. The van der Waals surface area contributed by atoms with Crippen LogP contribution < -0.4 is 14.8 Å². The predicted molar refractivity (Wildman–Crippen MR) is 95.7 cm³/mol. The second-order valence-electron chi connectivity index (χ2n) is 5.43. The minimum atomic E-state index is -0.607. The first-order valence-electron chi connectivity index (χ1n) is 7.92. The Labute approximate surface area is 147 Å². The molecule has 0 aliphatic heterocycles. The maximum atomic E-state index is 12.2. The predicted octanol–water partition coefficient (Wildman–Crippen LogP) is 4.13. The van der Waals surface area contributed by atoms with Gasteiger partial charge >= 0.3 is 0 Å². The fourth-order valence-corrected chi connectivity index (χ4v) is 2.34. The lowest BCUT2D eigenvalue weighted by Gasteiger charge is -2.16. The lowest BCUT2D eigenvalue weighted by molar-refractivity contribution is -0.127. The van der Waals surface area contributed by atoms with Crippen LogP contribution in [0.4, 0.5) is 0 Å². The molecule has 24 heavy (non-hydrogen) atoms. The summed E-state index contributed by atoms with van der Waals surface area (Å²) in [4.78, 5) is 12.2. The second-order valence-corrected chi connectivity index (χ2v) is 5.84. The Morgan fingerprint density at radius 3 is 2.71 bits per heavy atom. The number of halogens is 1. The minimum Gasteiger partial charge on any atom is -0.494 e. The Bertz CT molecular complexity index is 703. The summed E-state index contributed by atoms with van der Waals surface area (Å²) < 4.78 is 11.2. The number of aryl methyl sites for hydroxylation is 1. The molecule has 2 aromatic carbocycles. The quantitative estimate of drug-likeness (QED) is 0.819. The third-order valence-corrected chi connectivity index (χ3v) is 3.96. The van der Waals surface area contributed by atoms with Crippen molar-refractivity contribution in [3.63, 3.8) is 0 Å². The van der Waals surface area contributed by atoms with E-state index in [2.05, 4.69) is 5.32 Å². The van der Waals surface area contributed by atoms with Crippen LogP contribution in [0.25, 0.3) is 0 Å². The minimum absolute atomic E-state index is 0.186. The second kappa shape index (κ2) is 8.60. The van der Waals surface area contributed by atoms with E-state index in [0.29, 0.717) is 23.9 Å². The fourth-order valence-electron chi connectivity index (χ4n) is 2.22. The number of hydrogen-bond acceptors (Lipinski definition) is 3. The van der Waals surface area contributed by atoms with Gasteiger partial charge in [-0.05, 0) is 50.6 Å². The molecule has 0 saturated carbocycles. The highest BCUT2D eigenvalue weighted by molar-refractivity contribution is 6.31. The Kier molecular flexibility index (Phi) is 6.50. The van der Waals surface area contributed by atoms with E-state index >= 15 is 0 Å². The van der Waals surface area contributed by atoms with E-state index in [9.17, 15) is 4.79 Å². The first-order chi connectivity index (χ1) is 11.5. The zero-order valence-corrected chi connectivity index (χ0v) is 14.9. The zero-order chi connectivity index (χ0) is 17.5. The van der Waals surface area contributed by atoms with Gasteiger partial charge in [-0.2, -0.15) is 0 Å². The van der Waals surface area contributed by atoms with Crippen molar-refractivity contribution in [2.24, 2.45) is 0 Å². The maximum Gasteiger partial charge on any atom is 0.261 e. The molecule has 0 spiro atoms. The van der Waals surface area contributed by atoms with Crippen LogP contribution in [0.2, 0.25) is 5.02 Å². The number of rotatable bonds is 7. The summed E-state index contributed by atoms with van der Waals surface area (Å²) in [5.41, 5.74) is 1.84. The van der Waals surface area contributed by atoms with Crippen molar-refractivity contribution in [3.05, 3.63) is 58.6 Å². The summed E-state index contributed by atoms with van der Waals surface area (Å²) >= 11 is 5.99. The highest BCUT2D eigenvalue weighted by Gasteiger charge is 2.15. The van der Waals surface area contributed by atoms with Crippen molar-refractivity contribution in [3.8, 4) is 11.5 Å². The Morgan fingerprint density at radius 1 is 1.25 bits per heavy atom. The van der Waals surface area contributed by atoms with Gasteiger partial charge in [0, 0.05) is 17.1 Å². The third-order valence-electron chi connectivity index (χ3n) is 3.54. The van der Waals surface area contributed by atoms with Gasteiger partial charge in [-0.25, -0.2) is 0 Å². The van der Waals surface area contributed by atoms with Gasteiger partial charge in [-0.3, -0.25) is 4.79 Å². The molecule has 0 fully saturated rings. The van der Waals surface area contributed by atoms with Gasteiger partial charge in [0.15, 0.2) is 6.10 Å². The molecule has 2 aromatic rings. The first kappa shape index (κ1) is 18.1. The van der Waals surface area contributed by atoms with E-state index in [1.54, 1.807) is 19.1 Å². The van der Waals surface area contributed by atoms with E-state index in [-0.39, 0.29) is 5.91 Å². The summed E-state index contributed by atoms with van der Waals surface area (Å²) in [7, 11) is 0. The van der Waals surface area contributed by atoms with Gasteiger partial charge in [0.25, 0.3) is 5.91 Å². The van der Waals surface area contributed by atoms with Gasteiger partial charge in [-0.1, -0.05) is 29.8 Å². The van der Waals surface area contributed by atoms with E-state index in [1.807, 2.05) is 44.2 Å². The van der Waals surface area contributed by atoms with Crippen LogP contribution in [0.15, 0.2) is 42.5 Å². The number of ether oxygens (including phenoxy) is 2. The summed E-state index contributed by atoms with van der Waals surface area (Å²) in [5, 5.41) is 3.55. The third kappa shape index (κ3) is 4.90. The normalized spacial score (nSPS) is 11.7. The fraction of sp³-hybridized carbons (Fsp3) is 0.316. The van der Waals surface area contributed by atoms with E-state index < -0.39 is 6.10 Å². The lowest BCUT2D eigenvalue weighted by atomic mass is 10.2. The molecule has 4 nitrogen and oxygen atoms in total. The number of para-hydroxylation sites is 1. The van der Waals surface area contributed by atoms with Crippen LogP contribution in [0.5, 0.6) is 11.5 Å². The van der Waals surface area contributed by atoms with Gasteiger partial charge in [0.2, 0.25) is 0 Å². The Morgan fingerprint density at radius 2 is 2.00 bits per heavy atom. The molecule has 0 aromatic heterocycles. The van der Waals surface area contributed by atoms with Crippen LogP contribution in [0.1, 0.15) is 25.0 Å². The van der Waals surface area contributed by atoms with Crippen molar-refractivity contribution < 1.29 is 14.3 Å². The molecule has 1 atom stereocenters. The molecule has 5 heteroatoms. The maximum absolute atomic E-state index is 12.2. The molecule has 0 aliphatic carbocycles. The molecule has 0 radical (unpaired) electrons. The monoisotopic (exact) mass is 347 g/mol. The summed E-state index contributed by atoms with van der Waals surface area (Å²) in [6, 6.07) is 13.0. The number of nitrogens with one attached hydrogen (secondary N) is 1. The van der Waals surface area contributed by atoms with Gasteiger partial charge in [0.1, 0.15) is 11.5 Å². The van der Waals surface area contributed by atoms with E-state index in [4.69, 9.17) is 21.1 Å². The number of benzene rings is 2.